The van der Waals surface area contributed by atoms with Gasteiger partial charge >= 0.3 is 0 Å². The first-order valence-corrected chi connectivity index (χ1v) is 22.5. The highest BCUT2D eigenvalue weighted by Gasteiger charge is 2.18. The molecule has 0 unspecified atom stereocenters. The van der Waals surface area contributed by atoms with Gasteiger partial charge in [-0.2, -0.15) is 33.6 Å². The van der Waals surface area contributed by atoms with Crippen molar-refractivity contribution >= 4 is 120 Å². The molecule has 8 rings (SSSR count). The molecule has 1 fully saturated rings. The number of hydrogen-bond acceptors (Lipinski definition) is 25. The number of ether oxygens (including phenoxy) is 1. The molecule has 1 saturated heterocycles. The Bertz CT molecular complexity index is 2990. The van der Waals surface area contributed by atoms with Gasteiger partial charge in [-0.3, -0.25) is 4.55 Å². The first-order valence-electron chi connectivity index (χ1n) is 18.9. The second-order valence-electron chi connectivity index (χ2n) is 13.4. The molecule has 0 aliphatic carbocycles. The Labute approximate surface area is 385 Å². The number of rotatable bonds is 19. The Morgan fingerprint density at radius 2 is 1.05 bits per heavy atom. The van der Waals surface area contributed by atoms with Crippen LogP contribution >= 0.6 is 36.1 Å². The van der Waals surface area contributed by atoms with Crippen LogP contribution in [0, 0.1) is 0 Å². The lowest BCUT2D eigenvalue weighted by Gasteiger charge is -2.27. The number of benzene rings is 6. The zero-order valence-corrected chi connectivity index (χ0v) is 36.7. The van der Waals surface area contributed by atoms with Gasteiger partial charge in [0.05, 0.1) is 77.0 Å². The number of anilines is 5. The summed E-state index contributed by atoms with van der Waals surface area (Å²) in [5.74, 6) is 0.964. The van der Waals surface area contributed by atoms with Crippen LogP contribution in [0.4, 0.5) is 52.0 Å². The summed E-state index contributed by atoms with van der Waals surface area (Å²) in [4.78, 5) is 17.3. The zero-order valence-electron chi connectivity index (χ0n) is 33.4. The van der Waals surface area contributed by atoms with E-state index in [0.717, 1.165) is 34.9 Å². The fourth-order valence-corrected chi connectivity index (χ4v) is 8.14. The van der Waals surface area contributed by atoms with E-state index in [1.165, 1.54) is 18.2 Å². The van der Waals surface area contributed by atoms with Crippen molar-refractivity contribution in [3.63, 3.8) is 0 Å². The van der Waals surface area contributed by atoms with Gasteiger partial charge in [0.15, 0.2) is 0 Å². The smallest absolute Gasteiger partial charge is 0.294 e. The fraction of sp³-hybridized carbons (Fsp3) is 0.103. The molecule has 0 amide bonds. The van der Waals surface area contributed by atoms with Gasteiger partial charge in [-0.15, -0.1) is 23.2 Å². The molecule has 1 aromatic heterocycles. The second-order valence-corrected chi connectivity index (χ2v) is 17.2. The fourth-order valence-electron chi connectivity index (χ4n) is 6.32. The van der Waals surface area contributed by atoms with Crippen LogP contribution in [0.25, 0.3) is 21.5 Å². The molecule has 2 heterocycles. The van der Waals surface area contributed by atoms with Gasteiger partial charge in [0.2, 0.25) is 17.8 Å². The van der Waals surface area contributed by atoms with Crippen LogP contribution in [-0.2, 0) is 43.0 Å². The molecule has 0 radical (unpaired) electrons. The van der Waals surface area contributed by atoms with Crippen LogP contribution in [0.5, 0.6) is 0 Å². The number of fused-ring (bicyclic) bond motifs is 2. The third-order valence-corrected chi connectivity index (χ3v) is 11.8. The molecule has 0 saturated carbocycles. The average Bonchev–Trinajstić information content (AvgIpc) is 3.33. The number of morpholine rings is 1. The molecule has 7 aromatic rings. The van der Waals surface area contributed by atoms with Gasteiger partial charge in [0, 0.05) is 49.9 Å². The van der Waals surface area contributed by atoms with Crippen LogP contribution < -0.4 is 15.5 Å². The highest BCUT2D eigenvalue weighted by molar-refractivity contribution is 7.95. The Balaban J connectivity index is 0.990. The van der Waals surface area contributed by atoms with E-state index >= 15 is 0 Å². The Kier molecular flexibility index (Phi) is 15.5. The molecule has 0 atom stereocenters. The Hall–Kier alpha value is -5.99. The monoisotopic (exact) mass is 976 g/mol. The number of aromatic nitrogens is 3. The molecule has 23 nitrogen and oxygen atoms in total. The van der Waals surface area contributed by atoms with E-state index in [9.17, 15) is 13.0 Å². The SMILES string of the molecule is O=S(=O)(O)c1ccc2c(N=Nc3ccc(Nc4nc(Nc5ccc(N=Nc6cc(SOOO)cc7cc(SOOO)ccc67)cc5)nc(N5CCOCC5)n4)cc3)cc(SOOO)cc2c1. The van der Waals surface area contributed by atoms with E-state index < -0.39 is 10.1 Å². The standard InChI is InChI=1S/C39H32N10O13S4/c50-57-60-63-29-9-11-33-23(17-29)18-30(64-61-58-51)21-35(33)47-45-27-5-1-25(2-6-27)40-37-42-38(44-39(43-37)49-13-15-56-16-14-49)41-26-3-7-28(8-4-26)46-48-36-22-31(65-62-59-52)19-24-20-32(66(53,54)55)10-12-34(24)36/h1-12,17-22,50-52H,13-16H2,(H,53,54,55)(H2,40,41,42,43,44). The van der Waals surface area contributed by atoms with Crippen LogP contribution in [0.3, 0.4) is 0 Å². The zero-order chi connectivity index (χ0) is 45.9. The van der Waals surface area contributed by atoms with Crippen LogP contribution in [0.1, 0.15) is 0 Å². The molecule has 6 N–H and O–H groups in total. The quantitative estimate of drug-likeness (QED) is 0.0144. The van der Waals surface area contributed by atoms with Gasteiger partial charge < -0.3 is 20.3 Å². The van der Waals surface area contributed by atoms with Crippen molar-refractivity contribution in [3.05, 3.63) is 109 Å². The highest BCUT2D eigenvalue weighted by atomic mass is 32.2. The number of hydrogen-bond donors (Lipinski definition) is 6. The summed E-state index contributed by atoms with van der Waals surface area (Å²) < 4.78 is 52.4. The maximum atomic E-state index is 11.8. The van der Waals surface area contributed by atoms with E-state index in [4.69, 9.17) is 25.5 Å². The van der Waals surface area contributed by atoms with Crippen LogP contribution in [0.2, 0.25) is 0 Å². The third-order valence-electron chi connectivity index (χ3n) is 9.24. The van der Waals surface area contributed by atoms with Gasteiger partial charge in [0.25, 0.3) is 10.1 Å². The van der Waals surface area contributed by atoms with E-state index in [1.54, 1.807) is 91.0 Å². The van der Waals surface area contributed by atoms with E-state index in [2.05, 4.69) is 69.2 Å². The summed E-state index contributed by atoms with van der Waals surface area (Å²) in [6, 6.07) is 30.0. The molecule has 1 aliphatic heterocycles. The molecule has 0 bridgehead atoms. The molecule has 340 valence electrons. The summed E-state index contributed by atoms with van der Waals surface area (Å²) in [6.45, 7) is 2.18. The lowest BCUT2D eigenvalue weighted by Crippen LogP contribution is -2.37. The summed E-state index contributed by atoms with van der Waals surface area (Å²) >= 11 is 2.21. The summed E-state index contributed by atoms with van der Waals surface area (Å²) in [5, 5.41) is 63.5. The largest absolute Gasteiger partial charge is 0.378 e. The maximum absolute atomic E-state index is 11.8. The van der Waals surface area contributed by atoms with Crippen molar-refractivity contribution in [2.45, 2.75) is 19.6 Å². The van der Waals surface area contributed by atoms with E-state index in [-0.39, 0.29) is 16.8 Å². The molecule has 1 aliphatic rings. The topological polar surface area (TPSA) is 295 Å². The summed E-state index contributed by atoms with van der Waals surface area (Å²) in [5.41, 5.74) is 3.14. The molecule has 27 heteroatoms. The predicted molar refractivity (Wildman–Crippen MR) is 240 cm³/mol. The number of azo groups is 2. The van der Waals surface area contributed by atoms with Gasteiger partial charge in [0.1, 0.15) is 0 Å². The normalized spacial score (nSPS) is 13.4. The molecule has 6 aromatic carbocycles. The van der Waals surface area contributed by atoms with E-state index in [1.807, 2.05) is 4.90 Å². The maximum Gasteiger partial charge on any atom is 0.294 e. The van der Waals surface area contributed by atoms with Crippen molar-refractivity contribution < 1.29 is 61.6 Å². The van der Waals surface area contributed by atoms with Crippen molar-refractivity contribution in [1.82, 2.24) is 15.0 Å². The molecular weight excluding hydrogens is 945 g/mol. The van der Waals surface area contributed by atoms with Crippen LogP contribution in [-0.4, -0.2) is 70.0 Å². The summed E-state index contributed by atoms with van der Waals surface area (Å²) in [6.07, 6.45) is 0. The van der Waals surface area contributed by atoms with E-state index in [0.29, 0.717) is 104 Å². The van der Waals surface area contributed by atoms with Crippen molar-refractivity contribution in [2.24, 2.45) is 20.5 Å². The predicted octanol–water partition coefficient (Wildman–Crippen LogP) is 10.9. The molecule has 66 heavy (non-hydrogen) atoms. The van der Waals surface area contributed by atoms with Gasteiger partial charge in [-0.05, 0) is 108 Å². The van der Waals surface area contributed by atoms with Gasteiger partial charge in [-0.1, -0.05) is 27.2 Å². The minimum atomic E-state index is -4.48. The number of nitrogens with zero attached hydrogens (tertiary/aromatic N) is 8. The molecule has 0 spiro atoms. The molecular formula is C39H32N10O13S4. The minimum Gasteiger partial charge on any atom is -0.378 e. The van der Waals surface area contributed by atoms with Gasteiger partial charge in [-0.25, -0.2) is 15.8 Å². The Morgan fingerprint density at radius 3 is 1.55 bits per heavy atom. The first-order chi connectivity index (χ1) is 32.1. The second kappa shape index (κ2) is 22.0. The van der Waals surface area contributed by atoms with Crippen molar-refractivity contribution in [3.8, 4) is 0 Å². The van der Waals surface area contributed by atoms with Crippen molar-refractivity contribution in [2.75, 3.05) is 41.8 Å². The minimum absolute atomic E-state index is 0.261. The van der Waals surface area contributed by atoms with Crippen molar-refractivity contribution in [1.29, 1.82) is 0 Å². The summed E-state index contributed by atoms with van der Waals surface area (Å²) in [7, 11) is -4.48. The Morgan fingerprint density at radius 1 is 0.576 bits per heavy atom. The lowest BCUT2D eigenvalue weighted by molar-refractivity contribution is -0.432. The lowest BCUT2D eigenvalue weighted by atomic mass is 10.1. The number of nitrogens with one attached hydrogen (secondary N) is 2. The van der Waals surface area contributed by atoms with Crippen LogP contribution in [0.15, 0.2) is 149 Å². The average molecular weight is 977 g/mol. The highest BCUT2D eigenvalue weighted by Crippen LogP contribution is 2.38. The third kappa shape index (κ3) is 12.3. The first kappa shape index (κ1) is 46.5.